The molecule has 0 bridgehead atoms. The number of amides is 2. The highest BCUT2D eigenvalue weighted by Crippen LogP contribution is 2.32. The number of ether oxygens (including phenoxy) is 1. The fourth-order valence-corrected chi connectivity index (χ4v) is 4.82. The molecule has 2 heterocycles. The fraction of sp³-hybridized carbons (Fsp3) is 0.190. The highest BCUT2D eigenvalue weighted by Gasteiger charge is 2.32. The van der Waals surface area contributed by atoms with Crippen molar-refractivity contribution >= 4 is 68.6 Å². The lowest BCUT2D eigenvalue weighted by Crippen LogP contribution is -2.31. The summed E-state index contributed by atoms with van der Waals surface area (Å²) in [5, 5.41) is 2.89. The van der Waals surface area contributed by atoms with Crippen molar-refractivity contribution in [3.63, 3.8) is 0 Å². The summed E-state index contributed by atoms with van der Waals surface area (Å²) >= 11 is 7.40. The van der Waals surface area contributed by atoms with Gasteiger partial charge in [-0.1, -0.05) is 60.1 Å². The van der Waals surface area contributed by atoms with Gasteiger partial charge in [0.05, 0.1) is 10.6 Å². The number of carbonyl (C=O) groups is 3. The largest absolute Gasteiger partial charge is 0.457 e. The van der Waals surface area contributed by atoms with Crippen molar-refractivity contribution in [2.75, 3.05) is 18.5 Å². The first-order valence-corrected chi connectivity index (χ1v) is 11.4. The van der Waals surface area contributed by atoms with Crippen LogP contribution in [0.25, 0.3) is 6.08 Å². The average Bonchev–Trinajstić information content (AvgIpc) is 3.24. The van der Waals surface area contributed by atoms with E-state index in [1.165, 1.54) is 23.1 Å². The summed E-state index contributed by atoms with van der Waals surface area (Å²) in [5.41, 5.74) is 1.12. The van der Waals surface area contributed by atoms with Crippen LogP contribution in [0.2, 0.25) is 0 Å². The number of rotatable bonds is 8. The highest BCUT2D eigenvalue weighted by atomic mass is 32.2. The standard InChI is InChI=1S/C21H18FN3O4S3/c1-3-10-29-19(28)17-12(2)23-20(32-17)24-16(26)8-9-25-18(27)15(31-21(25)30)11-13-4-6-14(22)7-5-13/h3-7,11H,1,8-10H2,2H3,(H,23,24,26)/b15-11-. The van der Waals surface area contributed by atoms with Crippen LogP contribution in [0.5, 0.6) is 0 Å². The molecule has 0 aliphatic carbocycles. The first kappa shape index (κ1) is 23.8. The summed E-state index contributed by atoms with van der Waals surface area (Å²) in [4.78, 5) is 43.2. The number of thiazole rings is 1. The number of anilines is 1. The molecule has 0 atom stereocenters. The van der Waals surface area contributed by atoms with Crippen LogP contribution in [-0.2, 0) is 14.3 Å². The average molecular weight is 492 g/mol. The summed E-state index contributed by atoms with van der Waals surface area (Å²) in [6.07, 6.45) is 3.08. The molecule has 0 unspecified atom stereocenters. The molecule has 32 heavy (non-hydrogen) atoms. The van der Waals surface area contributed by atoms with Gasteiger partial charge in [0.25, 0.3) is 5.91 Å². The quantitative estimate of drug-likeness (QED) is 0.257. The van der Waals surface area contributed by atoms with Gasteiger partial charge in [-0.25, -0.2) is 14.2 Å². The minimum absolute atomic E-state index is 0.00879. The number of nitrogens with zero attached hydrogens (tertiary/aromatic N) is 2. The molecule has 1 aliphatic rings. The third-order valence-electron chi connectivity index (χ3n) is 4.16. The van der Waals surface area contributed by atoms with Crippen LogP contribution < -0.4 is 5.32 Å². The summed E-state index contributed by atoms with van der Waals surface area (Å²) < 4.78 is 18.4. The van der Waals surface area contributed by atoms with Gasteiger partial charge >= 0.3 is 5.97 Å². The van der Waals surface area contributed by atoms with E-state index in [2.05, 4.69) is 16.9 Å². The Kier molecular flexibility index (Phi) is 7.89. The van der Waals surface area contributed by atoms with Crippen molar-refractivity contribution in [2.24, 2.45) is 0 Å². The second-order valence-electron chi connectivity index (χ2n) is 6.50. The number of hydrogen-bond donors (Lipinski definition) is 1. The maximum Gasteiger partial charge on any atom is 0.350 e. The van der Waals surface area contributed by atoms with E-state index >= 15 is 0 Å². The first-order chi connectivity index (χ1) is 15.3. The van der Waals surface area contributed by atoms with E-state index in [-0.39, 0.29) is 42.3 Å². The van der Waals surface area contributed by atoms with Crippen LogP contribution in [0.4, 0.5) is 9.52 Å². The van der Waals surface area contributed by atoms with E-state index in [0.717, 1.165) is 23.1 Å². The van der Waals surface area contributed by atoms with Crippen LogP contribution in [-0.4, -0.2) is 45.1 Å². The summed E-state index contributed by atoms with van der Waals surface area (Å²) in [5.74, 6) is -1.58. The molecule has 0 saturated carbocycles. The minimum Gasteiger partial charge on any atom is -0.457 e. The molecule has 3 rings (SSSR count). The predicted molar refractivity (Wildman–Crippen MR) is 127 cm³/mol. The zero-order valence-electron chi connectivity index (χ0n) is 16.9. The molecule has 0 radical (unpaired) electrons. The molecule has 1 aromatic heterocycles. The van der Waals surface area contributed by atoms with Crippen LogP contribution in [0, 0.1) is 12.7 Å². The maximum absolute atomic E-state index is 13.1. The molecule has 2 aromatic rings. The number of halogens is 1. The lowest BCUT2D eigenvalue weighted by Gasteiger charge is -2.13. The maximum atomic E-state index is 13.1. The van der Waals surface area contributed by atoms with Gasteiger partial charge in [-0.15, -0.1) is 0 Å². The monoisotopic (exact) mass is 491 g/mol. The number of aromatic nitrogens is 1. The molecule has 11 heteroatoms. The lowest BCUT2D eigenvalue weighted by atomic mass is 10.2. The number of carbonyl (C=O) groups excluding carboxylic acids is 3. The highest BCUT2D eigenvalue weighted by molar-refractivity contribution is 8.26. The van der Waals surface area contributed by atoms with Gasteiger partial charge in [0.15, 0.2) is 5.13 Å². The number of thiocarbonyl (C=S) groups is 1. The van der Waals surface area contributed by atoms with Gasteiger partial charge in [-0.3, -0.25) is 14.5 Å². The van der Waals surface area contributed by atoms with E-state index < -0.39 is 5.97 Å². The fourth-order valence-electron chi connectivity index (χ4n) is 2.64. The van der Waals surface area contributed by atoms with Gasteiger partial charge in [0.2, 0.25) is 5.91 Å². The van der Waals surface area contributed by atoms with Gasteiger partial charge < -0.3 is 10.1 Å². The second-order valence-corrected chi connectivity index (χ2v) is 9.18. The summed E-state index contributed by atoms with van der Waals surface area (Å²) in [6.45, 7) is 5.30. The molecular weight excluding hydrogens is 473 g/mol. The van der Waals surface area contributed by atoms with Crippen molar-refractivity contribution in [2.45, 2.75) is 13.3 Å². The van der Waals surface area contributed by atoms with Crippen LogP contribution in [0.1, 0.15) is 27.3 Å². The molecule has 166 valence electrons. The zero-order chi connectivity index (χ0) is 23.3. The topological polar surface area (TPSA) is 88.6 Å². The summed E-state index contributed by atoms with van der Waals surface area (Å²) in [6, 6.07) is 5.74. The number of thioether (sulfide) groups is 1. The number of nitrogens with one attached hydrogen (secondary N) is 1. The predicted octanol–water partition coefficient (Wildman–Crippen LogP) is 4.16. The molecule has 2 amide bonds. The molecule has 1 fully saturated rings. The van der Waals surface area contributed by atoms with Crippen molar-refractivity contribution in [3.05, 3.63) is 63.8 Å². The number of hydrogen-bond acceptors (Lipinski definition) is 8. The Morgan fingerprint density at radius 1 is 1.34 bits per heavy atom. The molecule has 0 spiro atoms. The molecular formula is C21H18FN3O4S3. The van der Waals surface area contributed by atoms with Gasteiger partial charge in [-0.05, 0) is 30.7 Å². The van der Waals surface area contributed by atoms with E-state index in [9.17, 15) is 18.8 Å². The Hall–Kier alpha value is -2.89. The SMILES string of the molecule is C=CCOC(=O)c1sc(NC(=O)CCN2C(=O)/C(=C/c3ccc(F)cc3)SC2=S)nc1C. The lowest BCUT2D eigenvalue weighted by molar-refractivity contribution is -0.122. The van der Waals surface area contributed by atoms with Gasteiger partial charge in [0, 0.05) is 13.0 Å². The normalized spacial score (nSPS) is 14.7. The Labute approximate surface area is 197 Å². The Morgan fingerprint density at radius 3 is 2.75 bits per heavy atom. The van der Waals surface area contributed by atoms with Crippen LogP contribution in [0.15, 0.2) is 41.8 Å². The minimum atomic E-state index is -0.536. The van der Waals surface area contributed by atoms with Crippen molar-refractivity contribution in [3.8, 4) is 0 Å². The van der Waals surface area contributed by atoms with Crippen molar-refractivity contribution < 1.29 is 23.5 Å². The van der Waals surface area contributed by atoms with E-state index in [1.807, 2.05) is 0 Å². The molecule has 7 nitrogen and oxygen atoms in total. The smallest absolute Gasteiger partial charge is 0.350 e. The summed E-state index contributed by atoms with van der Waals surface area (Å²) in [7, 11) is 0. The number of benzene rings is 1. The van der Waals surface area contributed by atoms with Gasteiger partial charge in [-0.2, -0.15) is 0 Å². The third-order valence-corrected chi connectivity index (χ3v) is 6.60. The Balaban J connectivity index is 1.57. The first-order valence-electron chi connectivity index (χ1n) is 9.34. The van der Waals surface area contributed by atoms with Crippen molar-refractivity contribution in [1.82, 2.24) is 9.88 Å². The Bertz CT molecular complexity index is 1110. The van der Waals surface area contributed by atoms with E-state index in [1.54, 1.807) is 25.1 Å². The van der Waals surface area contributed by atoms with Gasteiger partial charge in [0.1, 0.15) is 21.6 Å². The van der Waals surface area contributed by atoms with Crippen molar-refractivity contribution in [1.29, 1.82) is 0 Å². The van der Waals surface area contributed by atoms with E-state index in [4.69, 9.17) is 17.0 Å². The molecule has 1 N–H and O–H groups in total. The Morgan fingerprint density at radius 2 is 2.06 bits per heavy atom. The molecule has 1 saturated heterocycles. The molecule has 1 aliphatic heterocycles. The second kappa shape index (κ2) is 10.6. The number of aryl methyl sites for hydroxylation is 1. The third kappa shape index (κ3) is 5.87. The van der Waals surface area contributed by atoms with Crippen LogP contribution in [0.3, 0.4) is 0 Å². The van der Waals surface area contributed by atoms with E-state index in [0.29, 0.717) is 25.4 Å². The zero-order valence-corrected chi connectivity index (χ0v) is 19.4. The molecule has 1 aromatic carbocycles. The number of esters is 1. The van der Waals surface area contributed by atoms with Crippen LogP contribution >= 0.6 is 35.3 Å².